The van der Waals surface area contributed by atoms with Crippen molar-refractivity contribution in [1.82, 2.24) is 15.5 Å². The van der Waals surface area contributed by atoms with Gasteiger partial charge in [-0.05, 0) is 37.7 Å². The van der Waals surface area contributed by atoms with Crippen molar-refractivity contribution >= 4 is 11.9 Å². The Hall–Kier alpha value is -2.63. The number of nitrogens with one attached hydrogen (secondary N) is 2. The summed E-state index contributed by atoms with van der Waals surface area (Å²) >= 11 is 0. The molecule has 0 spiro atoms. The number of hydrogen-bond donors (Lipinski definition) is 2. The quantitative estimate of drug-likeness (QED) is 0.838. The summed E-state index contributed by atoms with van der Waals surface area (Å²) in [5, 5.41) is 9.86. The van der Waals surface area contributed by atoms with Crippen molar-refractivity contribution in [2.75, 3.05) is 7.11 Å². The van der Waals surface area contributed by atoms with Crippen molar-refractivity contribution in [3.05, 3.63) is 42.1 Å². The number of hydrogen-bond acceptors (Lipinski definition) is 4. The SMILES string of the molecule is COC(=O)C1(NC(=O)c2cc(-c3ccccc3)n[nH]2)CCC(C)CC1. The molecular weight excluding hydrogens is 318 g/mol. The average Bonchev–Trinajstić information content (AvgIpc) is 3.14. The van der Waals surface area contributed by atoms with Gasteiger partial charge in [0.15, 0.2) is 0 Å². The van der Waals surface area contributed by atoms with Crippen LogP contribution in [-0.4, -0.2) is 34.7 Å². The third-order valence-corrected chi connectivity index (χ3v) is 4.95. The van der Waals surface area contributed by atoms with E-state index in [9.17, 15) is 9.59 Å². The lowest BCUT2D eigenvalue weighted by Crippen LogP contribution is -2.56. The topological polar surface area (TPSA) is 84.1 Å². The summed E-state index contributed by atoms with van der Waals surface area (Å²) in [6.07, 6.45) is 2.94. The first-order chi connectivity index (χ1) is 12.0. The fourth-order valence-electron chi connectivity index (χ4n) is 3.31. The van der Waals surface area contributed by atoms with Crippen LogP contribution in [0.25, 0.3) is 11.3 Å². The molecule has 1 fully saturated rings. The standard InChI is InChI=1S/C19H23N3O3/c1-13-8-10-19(11-9-13,18(24)25-2)20-17(23)16-12-15(21-22-16)14-6-4-3-5-7-14/h3-7,12-13H,8-11H2,1-2H3,(H,20,23)(H,21,22). The van der Waals surface area contributed by atoms with Crippen molar-refractivity contribution in [2.24, 2.45) is 5.92 Å². The molecule has 1 aromatic heterocycles. The minimum atomic E-state index is -0.948. The highest BCUT2D eigenvalue weighted by Crippen LogP contribution is 2.33. The molecule has 1 amide bonds. The molecule has 132 valence electrons. The van der Waals surface area contributed by atoms with Crippen LogP contribution in [0, 0.1) is 5.92 Å². The number of aromatic amines is 1. The summed E-state index contributed by atoms with van der Waals surface area (Å²) in [5.74, 6) is -0.170. The zero-order chi connectivity index (χ0) is 17.9. The number of esters is 1. The predicted molar refractivity (Wildman–Crippen MR) is 93.9 cm³/mol. The summed E-state index contributed by atoms with van der Waals surface area (Å²) < 4.78 is 4.96. The van der Waals surface area contributed by atoms with E-state index in [0.29, 0.717) is 30.1 Å². The van der Waals surface area contributed by atoms with Crippen molar-refractivity contribution in [2.45, 2.75) is 38.1 Å². The molecule has 0 atom stereocenters. The molecule has 1 aliphatic rings. The molecule has 1 saturated carbocycles. The molecule has 0 aliphatic heterocycles. The monoisotopic (exact) mass is 341 g/mol. The van der Waals surface area contributed by atoms with Crippen LogP contribution < -0.4 is 5.32 Å². The van der Waals surface area contributed by atoms with Gasteiger partial charge in [0, 0.05) is 5.56 Å². The lowest BCUT2D eigenvalue weighted by molar-refractivity contribution is -0.150. The number of rotatable bonds is 4. The van der Waals surface area contributed by atoms with E-state index in [-0.39, 0.29) is 11.9 Å². The van der Waals surface area contributed by atoms with E-state index < -0.39 is 5.54 Å². The first-order valence-corrected chi connectivity index (χ1v) is 8.56. The minimum absolute atomic E-state index is 0.334. The van der Waals surface area contributed by atoms with E-state index in [1.807, 2.05) is 30.3 Å². The Kier molecular flexibility index (Phi) is 4.88. The lowest BCUT2D eigenvalue weighted by atomic mass is 9.77. The normalized spacial score (nSPS) is 23.0. The van der Waals surface area contributed by atoms with Gasteiger partial charge in [-0.15, -0.1) is 0 Å². The number of benzene rings is 1. The number of amides is 1. The smallest absolute Gasteiger partial charge is 0.331 e. The Balaban J connectivity index is 1.78. The van der Waals surface area contributed by atoms with Crippen LogP contribution in [0.5, 0.6) is 0 Å². The minimum Gasteiger partial charge on any atom is -0.467 e. The Bertz CT molecular complexity index is 746. The van der Waals surface area contributed by atoms with Gasteiger partial charge < -0.3 is 10.1 Å². The summed E-state index contributed by atoms with van der Waals surface area (Å²) in [4.78, 5) is 25.0. The van der Waals surface area contributed by atoms with Gasteiger partial charge in [-0.3, -0.25) is 9.89 Å². The average molecular weight is 341 g/mol. The Morgan fingerprint density at radius 3 is 2.56 bits per heavy atom. The molecule has 3 rings (SSSR count). The van der Waals surface area contributed by atoms with Gasteiger partial charge in [-0.25, -0.2) is 4.79 Å². The molecule has 0 bridgehead atoms. The lowest BCUT2D eigenvalue weighted by Gasteiger charge is -2.37. The molecule has 0 saturated heterocycles. The van der Waals surface area contributed by atoms with Gasteiger partial charge in [0.05, 0.1) is 12.8 Å². The van der Waals surface area contributed by atoms with E-state index in [1.54, 1.807) is 6.07 Å². The highest BCUT2D eigenvalue weighted by molar-refractivity contribution is 5.97. The first kappa shape index (κ1) is 17.2. The molecule has 1 aliphatic carbocycles. The second-order valence-corrected chi connectivity index (χ2v) is 6.74. The third-order valence-electron chi connectivity index (χ3n) is 4.95. The van der Waals surface area contributed by atoms with Gasteiger partial charge in [0.25, 0.3) is 5.91 Å². The van der Waals surface area contributed by atoms with Gasteiger partial charge in [0.1, 0.15) is 11.2 Å². The first-order valence-electron chi connectivity index (χ1n) is 8.56. The van der Waals surface area contributed by atoms with Crippen LogP contribution in [0.4, 0.5) is 0 Å². The van der Waals surface area contributed by atoms with Crippen molar-refractivity contribution < 1.29 is 14.3 Å². The van der Waals surface area contributed by atoms with Crippen LogP contribution in [0.15, 0.2) is 36.4 Å². The van der Waals surface area contributed by atoms with E-state index in [0.717, 1.165) is 18.4 Å². The number of ether oxygens (including phenoxy) is 1. The number of aromatic nitrogens is 2. The number of methoxy groups -OCH3 is 1. The zero-order valence-corrected chi connectivity index (χ0v) is 14.5. The molecule has 1 heterocycles. The van der Waals surface area contributed by atoms with E-state index in [4.69, 9.17) is 4.74 Å². The molecule has 2 aromatic rings. The zero-order valence-electron chi connectivity index (χ0n) is 14.5. The number of H-pyrrole nitrogens is 1. The maximum absolute atomic E-state index is 12.7. The Morgan fingerprint density at radius 1 is 1.24 bits per heavy atom. The number of nitrogens with zero attached hydrogens (tertiary/aromatic N) is 1. The van der Waals surface area contributed by atoms with Crippen LogP contribution in [0.2, 0.25) is 0 Å². The highest BCUT2D eigenvalue weighted by atomic mass is 16.5. The third kappa shape index (κ3) is 3.57. The van der Waals surface area contributed by atoms with Gasteiger partial charge >= 0.3 is 5.97 Å². The maximum Gasteiger partial charge on any atom is 0.331 e. The highest BCUT2D eigenvalue weighted by Gasteiger charge is 2.43. The van der Waals surface area contributed by atoms with Gasteiger partial charge in [0.2, 0.25) is 0 Å². The largest absolute Gasteiger partial charge is 0.467 e. The number of carbonyl (C=O) groups excluding carboxylic acids is 2. The predicted octanol–water partition coefficient (Wildman–Crippen LogP) is 2.93. The van der Waals surface area contributed by atoms with Crippen LogP contribution >= 0.6 is 0 Å². The summed E-state index contributed by atoms with van der Waals surface area (Å²) in [7, 11) is 1.36. The molecule has 1 aromatic carbocycles. The van der Waals surface area contributed by atoms with E-state index in [2.05, 4.69) is 22.4 Å². The molecule has 2 N–H and O–H groups in total. The van der Waals surface area contributed by atoms with E-state index in [1.165, 1.54) is 7.11 Å². The van der Waals surface area contributed by atoms with Crippen molar-refractivity contribution in [3.63, 3.8) is 0 Å². The fourth-order valence-corrected chi connectivity index (χ4v) is 3.31. The Morgan fingerprint density at radius 2 is 1.92 bits per heavy atom. The van der Waals surface area contributed by atoms with Crippen LogP contribution in [0.3, 0.4) is 0 Å². The van der Waals surface area contributed by atoms with Crippen LogP contribution in [-0.2, 0) is 9.53 Å². The molecule has 6 heteroatoms. The summed E-state index contributed by atoms with van der Waals surface area (Å²) in [6, 6.07) is 11.3. The second kappa shape index (κ2) is 7.09. The van der Waals surface area contributed by atoms with Crippen molar-refractivity contribution in [1.29, 1.82) is 0 Å². The van der Waals surface area contributed by atoms with E-state index >= 15 is 0 Å². The molecular formula is C19H23N3O3. The molecule has 6 nitrogen and oxygen atoms in total. The fraction of sp³-hybridized carbons (Fsp3) is 0.421. The summed E-state index contributed by atoms with van der Waals surface area (Å²) in [5.41, 5.74) is 0.999. The number of carbonyl (C=O) groups is 2. The molecule has 0 unspecified atom stereocenters. The molecule has 0 radical (unpaired) electrons. The van der Waals surface area contributed by atoms with Crippen molar-refractivity contribution in [3.8, 4) is 11.3 Å². The maximum atomic E-state index is 12.7. The summed E-state index contributed by atoms with van der Waals surface area (Å²) in [6.45, 7) is 2.16. The van der Waals surface area contributed by atoms with Crippen LogP contribution in [0.1, 0.15) is 43.1 Å². The van der Waals surface area contributed by atoms with Gasteiger partial charge in [-0.2, -0.15) is 5.10 Å². The Labute approximate surface area is 147 Å². The second-order valence-electron chi connectivity index (χ2n) is 6.74. The van der Waals surface area contributed by atoms with Gasteiger partial charge in [-0.1, -0.05) is 37.3 Å². The molecule has 25 heavy (non-hydrogen) atoms.